The lowest BCUT2D eigenvalue weighted by molar-refractivity contribution is -0.136. The lowest BCUT2D eigenvalue weighted by Gasteiger charge is -2.06. The highest BCUT2D eigenvalue weighted by Gasteiger charge is 2.08. The fraction of sp³-hybridized carbons (Fsp3) is 0.167. The second kappa shape index (κ2) is 13.2. The van der Waals surface area contributed by atoms with Crippen LogP contribution in [0.4, 0.5) is 0 Å². The van der Waals surface area contributed by atoms with Crippen molar-refractivity contribution < 1.29 is 28.7 Å². The summed E-state index contributed by atoms with van der Waals surface area (Å²) in [6, 6.07) is 13.2. The topological polar surface area (TPSA) is 86.7 Å². The molecule has 0 aliphatic rings. The van der Waals surface area contributed by atoms with Gasteiger partial charge < -0.3 is 9.47 Å². The number of carbonyl (C=O) groups is 4. The van der Waals surface area contributed by atoms with Crippen molar-refractivity contribution in [2.75, 3.05) is 0 Å². The van der Waals surface area contributed by atoms with Crippen molar-refractivity contribution in [3.05, 3.63) is 71.8 Å². The lowest BCUT2D eigenvalue weighted by Crippen LogP contribution is -2.10. The average molecular weight is 475 g/mol. The standard InChI is InChI=1S/C24H20Cl2O6/c25-21(27)15-9-17-5-11-19(12-6-17)31-23(29)3-1-2-4-24(30)32-20-13-7-18(8-14-20)10-16-22(26)28/h5-16H,1-4H2/b15-9+,16-10+. The molecular formula is C24H20Cl2O6. The van der Waals surface area contributed by atoms with Crippen LogP contribution in [0.3, 0.4) is 0 Å². The first kappa shape index (κ1) is 25.0. The van der Waals surface area contributed by atoms with E-state index in [2.05, 4.69) is 0 Å². The van der Waals surface area contributed by atoms with E-state index in [4.69, 9.17) is 32.7 Å². The summed E-state index contributed by atoms with van der Waals surface area (Å²) in [6.07, 6.45) is 6.83. The van der Waals surface area contributed by atoms with Gasteiger partial charge in [-0.3, -0.25) is 19.2 Å². The Balaban J connectivity index is 1.67. The van der Waals surface area contributed by atoms with Crippen molar-refractivity contribution >= 4 is 57.8 Å². The fourth-order valence-corrected chi connectivity index (χ4v) is 2.65. The third-order valence-electron chi connectivity index (χ3n) is 4.05. The van der Waals surface area contributed by atoms with Crippen LogP contribution in [-0.4, -0.2) is 22.4 Å². The fourth-order valence-electron chi connectivity index (χ4n) is 2.52. The van der Waals surface area contributed by atoms with Crippen LogP contribution in [-0.2, 0) is 19.2 Å². The van der Waals surface area contributed by atoms with E-state index in [0.717, 1.165) is 11.1 Å². The molecule has 0 amide bonds. The maximum atomic E-state index is 11.9. The summed E-state index contributed by atoms with van der Waals surface area (Å²) < 4.78 is 10.5. The summed E-state index contributed by atoms with van der Waals surface area (Å²) in [6.45, 7) is 0. The number of esters is 2. The second-order valence-electron chi connectivity index (χ2n) is 6.57. The molecule has 0 saturated carbocycles. The van der Waals surface area contributed by atoms with Gasteiger partial charge in [-0.15, -0.1) is 0 Å². The molecule has 0 aliphatic heterocycles. The molecule has 0 saturated heterocycles. The van der Waals surface area contributed by atoms with Crippen LogP contribution in [0.1, 0.15) is 36.8 Å². The van der Waals surface area contributed by atoms with Crippen LogP contribution in [0.15, 0.2) is 60.7 Å². The second-order valence-corrected chi connectivity index (χ2v) is 7.31. The molecule has 6 nitrogen and oxygen atoms in total. The van der Waals surface area contributed by atoms with Gasteiger partial charge in [0, 0.05) is 12.8 Å². The van der Waals surface area contributed by atoms with Gasteiger partial charge in [-0.1, -0.05) is 36.4 Å². The zero-order chi connectivity index (χ0) is 23.3. The first-order chi connectivity index (χ1) is 15.3. The van der Waals surface area contributed by atoms with E-state index in [9.17, 15) is 19.2 Å². The van der Waals surface area contributed by atoms with Gasteiger partial charge in [0.15, 0.2) is 0 Å². The minimum Gasteiger partial charge on any atom is -0.427 e. The molecule has 0 fully saturated rings. The third-order valence-corrected chi connectivity index (χ3v) is 4.30. The monoisotopic (exact) mass is 474 g/mol. The molecule has 0 bridgehead atoms. The van der Waals surface area contributed by atoms with Crippen molar-refractivity contribution in [2.24, 2.45) is 0 Å². The first-order valence-electron chi connectivity index (χ1n) is 9.68. The molecule has 32 heavy (non-hydrogen) atoms. The molecule has 166 valence electrons. The summed E-state index contributed by atoms with van der Waals surface area (Å²) in [5.41, 5.74) is 1.49. The van der Waals surface area contributed by atoms with Crippen molar-refractivity contribution in [1.29, 1.82) is 0 Å². The molecule has 0 unspecified atom stereocenters. The van der Waals surface area contributed by atoms with Gasteiger partial charge in [0.2, 0.25) is 10.5 Å². The number of unbranched alkanes of at least 4 members (excludes halogenated alkanes) is 1. The van der Waals surface area contributed by atoms with Crippen LogP contribution in [0.25, 0.3) is 12.2 Å². The molecule has 0 N–H and O–H groups in total. The quantitative estimate of drug-likeness (QED) is 0.144. The van der Waals surface area contributed by atoms with E-state index >= 15 is 0 Å². The van der Waals surface area contributed by atoms with Gasteiger partial charge in [0.25, 0.3) is 0 Å². The predicted octanol–water partition coefficient (Wildman–Crippen LogP) is 5.32. The molecule has 2 rings (SSSR count). The molecule has 0 aromatic heterocycles. The maximum absolute atomic E-state index is 11.9. The number of ether oxygens (including phenoxy) is 2. The van der Waals surface area contributed by atoms with Crippen LogP contribution >= 0.6 is 23.2 Å². The maximum Gasteiger partial charge on any atom is 0.311 e. The largest absolute Gasteiger partial charge is 0.427 e. The Labute approximate surface area is 195 Å². The zero-order valence-corrected chi connectivity index (χ0v) is 18.5. The average Bonchev–Trinajstić information content (AvgIpc) is 2.75. The van der Waals surface area contributed by atoms with Gasteiger partial charge in [-0.2, -0.15) is 0 Å². The van der Waals surface area contributed by atoms with E-state index in [1.807, 2.05) is 0 Å². The number of rotatable bonds is 11. The van der Waals surface area contributed by atoms with Crippen molar-refractivity contribution in [2.45, 2.75) is 25.7 Å². The highest BCUT2D eigenvalue weighted by molar-refractivity contribution is 6.67. The van der Waals surface area contributed by atoms with Crippen LogP contribution in [0.5, 0.6) is 11.5 Å². The minimum absolute atomic E-state index is 0.163. The van der Waals surface area contributed by atoms with E-state index in [1.165, 1.54) is 12.2 Å². The molecule has 0 aliphatic carbocycles. The number of hydrogen-bond acceptors (Lipinski definition) is 6. The summed E-state index contributed by atoms with van der Waals surface area (Å²) in [5, 5.41) is -1.15. The first-order valence-corrected chi connectivity index (χ1v) is 10.4. The van der Waals surface area contributed by atoms with Gasteiger partial charge in [0.1, 0.15) is 11.5 Å². The van der Waals surface area contributed by atoms with Gasteiger partial charge in [0.05, 0.1) is 0 Å². The molecule has 0 radical (unpaired) electrons. The highest BCUT2D eigenvalue weighted by atomic mass is 35.5. The molecule has 8 heteroatoms. The Kier molecular flexibility index (Phi) is 10.4. The Morgan fingerprint density at radius 1 is 0.625 bits per heavy atom. The van der Waals surface area contributed by atoms with Crippen LogP contribution < -0.4 is 9.47 Å². The molecular weight excluding hydrogens is 455 g/mol. The normalized spacial score (nSPS) is 10.9. The number of carbonyl (C=O) groups excluding carboxylic acids is 4. The Hall–Kier alpha value is -3.22. The van der Waals surface area contributed by atoms with E-state index in [1.54, 1.807) is 60.7 Å². The van der Waals surface area contributed by atoms with E-state index in [0.29, 0.717) is 24.3 Å². The van der Waals surface area contributed by atoms with Crippen LogP contribution in [0.2, 0.25) is 0 Å². The van der Waals surface area contributed by atoms with Crippen molar-refractivity contribution in [3.8, 4) is 11.5 Å². The summed E-state index contributed by atoms with van der Waals surface area (Å²) >= 11 is 10.5. The van der Waals surface area contributed by atoms with Crippen molar-refractivity contribution in [1.82, 2.24) is 0 Å². The summed E-state index contributed by atoms with van der Waals surface area (Å²) in [5.74, 6) is -0.0386. The predicted molar refractivity (Wildman–Crippen MR) is 122 cm³/mol. The molecule has 0 heterocycles. The summed E-state index contributed by atoms with van der Waals surface area (Å²) in [7, 11) is 0. The lowest BCUT2D eigenvalue weighted by atomic mass is 10.2. The number of hydrogen-bond donors (Lipinski definition) is 0. The minimum atomic E-state index is -0.573. The molecule has 2 aromatic carbocycles. The molecule has 0 atom stereocenters. The Bertz CT molecular complexity index is 924. The third kappa shape index (κ3) is 10.2. The molecule has 2 aromatic rings. The number of benzene rings is 2. The van der Waals surface area contributed by atoms with E-state index in [-0.39, 0.29) is 12.8 Å². The van der Waals surface area contributed by atoms with Gasteiger partial charge in [-0.05, 0) is 83.6 Å². The zero-order valence-electron chi connectivity index (χ0n) is 17.0. The van der Waals surface area contributed by atoms with Crippen molar-refractivity contribution in [3.63, 3.8) is 0 Å². The molecule has 0 spiro atoms. The Morgan fingerprint density at radius 3 is 1.28 bits per heavy atom. The Morgan fingerprint density at radius 2 is 0.969 bits per heavy atom. The van der Waals surface area contributed by atoms with Gasteiger partial charge >= 0.3 is 11.9 Å². The SMILES string of the molecule is O=C(Cl)/C=C/c1ccc(OC(=O)CCCCC(=O)Oc2ccc(/C=C/C(=O)Cl)cc2)cc1. The highest BCUT2D eigenvalue weighted by Crippen LogP contribution is 2.16. The van der Waals surface area contributed by atoms with Gasteiger partial charge in [-0.25, -0.2) is 0 Å². The van der Waals surface area contributed by atoms with E-state index < -0.39 is 22.4 Å². The smallest absolute Gasteiger partial charge is 0.311 e. The number of halogens is 2. The number of allylic oxidation sites excluding steroid dienone is 2. The van der Waals surface area contributed by atoms with Crippen LogP contribution in [0, 0.1) is 0 Å². The summed E-state index contributed by atoms with van der Waals surface area (Å²) in [4.78, 5) is 45.3.